The van der Waals surface area contributed by atoms with Gasteiger partial charge in [-0.2, -0.15) is 0 Å². The predicted molar refractivity (Wildman–Crippen MR) is 78.4 cm³/mol. The van der Waals surface area contributed by atoms with Crippen LogP contribution in [0.1, 0.15) is 34.1 Å². The van der Waals surface area contributed by atoms with Gasteiger partial charge in [-0.15, -0.1) is 0 Å². The number of nitrogens with two attached hydrogens (primary N) is 1. The van der Waals surface area contributed by atoms with Crippen molar-refractivity contribution in [2.45, 2.75) is 46.3 Å². The summed E-state index contributed by atoms with van der Waals surface area (Å²) in [6.45, 7) is 6.03. The summed E-state index contributed by atoms with van der Waals surface area (Å²) in [5, 5.41) is 21.1. The molecule has 0 aromatic heterocycles. The second kappa shape index (κ2) is 8.82. The molecule has 0 saturated carbocycles. The highest BCUT2D eigenvalue weighted by atomic mass is 16.6. The molecule has 1 amide bonds. The van der Waals surface area contributed by atoms with Crippen LogP contribution in [0.3, 0.4) is 0 Å². The maximum Gasteiger partial charge on any atom is 0.330 e. The highest BCUT2D eigenvalue weighted by Crippen LogP contribution is 2.19. The summed E-state index contributed by atoms with van der Waals surface area (Å²) in [6.07, 6.45) is -1.64. The topological polar surface area (TPSA) is 139 Å². The first kappa shape index (κ1) is 20.5. The molecule has 0 aliphatic rings. The van der Waals surface area contributed by atoms with E-state index < -0.39 is 35.4 Å². The number of carbonyl (C=O) groups excluding carboxylic acids is 3. The van der Waals surface area contributed by atoms with Gasteiger partial charge in [0.15, 0.2) is 0 Å². The van der Waals surface area contributed by atoms with E-state index in [0.29, 0.717) is 0 Å². The molecule has 0 unspecified atom stereocenters. The molecule has 128 valence electrons. The molecule has 2 atom stereocenters. The van der Waals surface area contributed by atoms with Gasteiger partial charge in [0, 0.05) is 12.0 Å². The van der Waals surface area contributed by atoms with E-state index >= 15 is 0 Å². The summed E-state index contributed by atoms with van der Waals surface area (Å²) in [5.74, 6) is -2.49. The monoisotopic (exact) mass is 318 g/mol. The van der Waals surface area contributed by atoms with Crippen molar-refractivity contribution in [3.8, 4) is 0 Å². The summed E-state index contributed by atoms with van der Waals surface area (Å²) in [7, 11) is 0. The van der Waals surface area contributed by atoms with Crippen molar-refractivity contribution in [2.75, 3.05) is 13.2 Å². The van der Waals surface area contributed by atoms with Crippen molar-refractivity contribution < 1.29 is 29.3 Å². The second-order valence-electron chi connectivity index (χ2n) is 6.15. The number of ether oxygens (including phenoxy) is 1. The van der Waals surface area contributed by atoms with E-state index in [4.69, 9.17) is 10.8 Å². The Morgan fingerprint density at radius 2 is 1.82 bits per heavy atom. The molecule has 0 aromatic rings. The minimum absolute atomic E-state index is 0.0968. The van der Waals surface area contributed by atoms with E-state index in [1.165, 1.54) is 13.8 Å². The number of hydrogen-bond acceptors (Lipinski definition) is 7. The average Bonchev–Trinajstić information content (AvgIpc) is 2.44. The summed E-state index contributed by atoms with van der Waals surface area (Å²) in [5.41, 5.74) is 4.54. The zero-order chi connectivity index (χ0) is 17.5. The smallest absolute Gasteiger partial charge is 0.330 e. The minimum Gasteiger partial charge on any atom is -0.396 e. The Bertz CT molecular complexity index is 408. The minimum atomic E-state index is -1.41. The van der Waals surface area contributed by atoms with E-state index in [0.717, 1.165) is 0 Å². The van der Waals surface area contributed by atoms with Crippen molar-refractivity contribution in [3.63, 3.8) is 0 Å². The van der Waals surface area contributed by atoms with Gasteiger partial charge >= 0.3 is 11.9 Å². The molecule has 0 rings (SSSR count). The molecule has 0 radical (unpaired) electrons. The number of carbonyl (C=O) groups is 3. The first-order chi connectivity index (χ1) is 10.0. The quantitative estimate of drug-likeness (QED) is 0.330. The largest absolute Gasteiger partial charge is 0.396 e. The van der Waals surface area contributed by atoms with Gasteiger partial charge < -0.3 is 26.0 Å². The van der Waals surface area contributed by atoms with Crippen molar-refractivity contribution in [3.05, 3.63) is 0 Å². The van der Waals surface area contributed by atoms with Crippen LogP contribution in [0.15, 0.2) is 0 Å². The van der Waals surface area contributed by atoms with Crippen molar-refractivity contribution in [2.24, 2.45) is 17.1 Å². The van der Waals surface area contributed by atoms with Crippen molar-refractivity contribution in [1.29, 1.82) is 0 Å². The molecule has 8 nitrogen and oxygen atoms in total. The fourth-order valence-corrected chi connectivity index (χ4v) is 1.33. The Kier molecular flexibility index (Phi) is 8.21. The Labute approximate surface area is 130 Å². The summed E-state index contributed by atoms with van der Waals surface area (Å²) in [6, 6.07) is -0.884. The van der Waals surface area contributed by atoms with Gasteiger partial charge in [-0.25, -0.2) is 4.79 Å². The van der Waals surface area contributed by atoms with E-state index in [1.54, 1.807) is 13.8 Å². The van der Waals surface area contributed by atoms with Gasteiger partial charge in [0.1, 0.15) is 12.1 Å². The lowest BCUT2D eigenvalue weighted by atomic mass is 9.87. The third kappa shape index (κ3) is 6.50. The van der Waals surface area contributed by atoms with Crippen LogP contribution in [-0.2, 0) is 19.1 Å². The number of amides is 1. The Morgan fingerprint density at radius 3 is 2.27 bits per heavy atom. The lowest BCUT2D eigenvalue weighted by molar-refractivity contribution is -0.161. The summed E-state index contributed by atoms with van der Waals surface area (Å²) < 4.78 is 4.55. The standard InChI is InChI=1S/C14H26N2O6/c1-8(2)10(15)13(21)22-9(18)5-6-16-12(20)11(19)14(3,4)7-17/h8,10-11,17,19H,5-7,15H2,1-4H3,(H,16,20)/t10-,11-/m0/s1. The molecule has 0 aliphatic heterocycles. The van der Waals surface area contributed by atoms with Crippen LogP contribution < -0.4 is 11.1 Å². The molecule has 0 spiro atoms. The SMILES string of the molecule is CC(C)[C@H](N)C(=O)OC(=O)CCNC(=O)[C@H](O)C(C)(C)CO. The number of esters is 2. The van der Waals surface area contributed by atoms with Crippen LogP contribution in [0.4, 0.5) is 0 Å². The molecule has 0 fully saturated rings. The van der Waals surface area contributed by atoms with Gasteiger partial charge in [0.2, 0.25) is 5.91 Å². The molecule has 5 N–H and O–H groups in total. The van der Waals surface area contributed by atoms with Gasteiger partial charge in [-0.05, 0) is 5.92 Å². The first-order valence-corrected chi connectivity index (χ1v) is 7.09. The summed E-state index contributed by atoms with van der Waals surface area (Å²) >= 11 is 0. The van der Waals surface area contributed by atoms with E-state index in [1.807, 2.05) is 0 Å². The van der Waals surface area contributed by atoms with Crippen LogP contribution in [0.5, 0.6) is 0 Å². The van der Waals surface area contributed by atoms with Crippen LogP contribution in [0.2, 0.25) is 0 Å². The zero-order valence-corrected chi connectivity index (χ0v) is 13.5. The van der Waals surface area contributed by atoms with Gasteiger partial charge in [0.25, 0.3) is 0 Å². The zero-order valence-electron chi connectivity index (χ0n) is 13.5. The van der Waals surface area contributed by atoms with Crippen LogP contribution >= 0.6 is 0 Å². The third-order valence-electron chi connectivity index (χ3n) is 3.23. The van der Waals surface area contributed by atoms with E-state index in [2.05, 4.69) is 10.1 Å². The normalized spacial score (nSPS) is 14.4. The first-order valence-electron chi connectivity index (χ1n) is 7.09. The number of nitrogens with one attached hydrogen (secondary N) is 1. The van der Waals surface area contributed by atoms with Crippen molar-refractivity contribution >= 4 is 17.8 Å². The molecule has 0 saturated heterocycles. The van der Waals surface area contributed by atoms with Crippen molar-refractivity contribution in [1.82, 2.24) is 5.32 Å². The van der Waals surface area contributed by atoms with E-state index in [9.17, 15) is 19.5 Å². The molecule has 0 aliphatic carbocycles. The number of hydrogen-bond donors (Lipinski definition) is 4. The lowest BCUT2D eigenvalue weighted by Crippen LogP contribution is -2.46. The molecule has 0 aromatic carbocycles. The fraction of sp³-hybridized carbons (Fsp3) is 0.786. The lowest BCUT2D eigenvalue weighted by Gasteiger charge is -2.27. The molecule has 8 heteroatoms. The molecular weight excluding hydrogens is 292 g/mol. The van der Waals surface area contributed by atoms with Gasteiger partial charge in [-0.3, -0.25) is 9.59 Å². The number of aliphatic hydroxyl groups excluding tert-OH is 2. The maximum atomic E-state index is 11.6. The Hall–Kier alpha value is -1.51. The Balaban J connectivity index is 4.18. The molecule has 0 bridgehead atoms. The third-order valence-corrected chi connectivity index (χ3v) is 3.23. The summed E-state index contributed by atoms with van der Waals surface area (Å²) in [4.78, 5) is 34.5. The van der Waals surface area contributed by atoms with E-state index in [-0.39, 0.29) is 25.5 Å². The second-order valence-corrected chi connectivity index (χ2v) is 6.15. The fourth-order valence-electron chi connectivity index (χ4n) is 1.33. The highest BCUT2D eigenvalue weighted by Gasteiger charge is 2.32. The number of rotatable bonds is 8. The Morgan fingerprint density at radius 1 is 1.27 bits per heavy atom. The predicted octanol–water partition coefficient (Wildman–Crippen LogP) is -1.07. The number of aliphatic hydroxyl groups is 2. The molecule has 0 heterocycles. The molecule has 22 heavy (non-hydrogen) atoms. The maximum absolute atomic E-state index is 11.6. The van der Waals surface area contributed by atoms with Crippen LogP contribution in [0.25, 0.3) is 0 Å². The highest BCUT2D eigenvalue weighted by molar-refractivity contribution is 5.89. The average molecular weight is 318 g/mol. The van der Waals surface area contributed by atoms with Crippen LogP contribution in [0, 0.1) is 11.3 Å². The van der Waals surface area contributed by atoms with Crippen LogP contribution in [-0.4, -0.2) is 53.4 Å². The molecular formula is C14H26N2O6. The van der Waals surface area contributed by atoms with Gasteiger partial charge in [-0.1, -0.05) is 27.7 Å². The van der Waals surface area contributed by atoms with Gasteiger partial charge in [0.05, 0.1) is 13.0 Å².